The number of piperidine rings is 1. The van der Waals surface area contributed by atoms with Gasteiger partial charge in [0.05, 0.1) is 12.0 Å². The van der Waals surface area contributed by atoms with Gasteiger partial charge in [0, 0.05) is 6.42 Å². The molecule has 0 aromatic carbocycles. The summed E-state index contributed by atoms with van der Waals surface area (Å²) in [5.74, 6) is -1.70. The van der Waals surface area contributed by atoms with Gasteiger partial charge in [0.15, 0.2) is 0 Å². The van der Waals surface area contributed by atoms with Crippen molar-refractivity contribution in [3.63, 3.8) is 0 Å². The second-order valence-electron chi connectivity index (χ2n) is 5.52. The van der Waals surface area contributed by atoms with Gasteiger partial charge in [-0.25, -0.2) is 9.29 Å². The highest BCUT2D eigenvalue weighted by Crippen LogP contribution is 2.42. The van der Waals surface area contributed by atoms with Crippen LogP contribution in [0.5, 0.6) is 0 Å². The van der Waals surface area contributed by atoms with Crippen molar-refractivity contribution in [1.29, 1.82) is 0 Å². The van der Waals surface area contributed by atoms with E-state index in [9.17, 15) is 24.2 Å². The summed E-state index contributed by atoms with van der Waals surface area (Å²) in [7, 11) is 0. The number of nitrogens with one attached hydrogen (secondary N) is 1. The maximum Gasteiger partial charge on any atom is 0.244 e. The molecule has 7 heteroatoms. The Balaban J connectivity index is 1.87. The first-order chi connectivity index (χ1) is 9.50. The molecule has 5 atom stereocenters. The highest BCUT2D eigenvalue weighted by Gasteiger charge is 2.52. The standard InChI is InChI=1S/C13H17FN2O4/c14-7-3-1-2-6-10(7)13(20)16(12(6)19)8-4-5-9(17)15-11(8)18/h2,7-8,10,12-13,19-20H,1,3-5H2,(H,15,17,18). The number of allylic oxidation sites excluding steroid dienone is 1. The molecule has 6 nitrogen and oxygen atoms in total. The average molecular weight is 284 g/mol. The molecule has 3 N–H and O–H groups in total. The molecule has 2 fully saturated rings. The molecule has 2 heterocycles. The minimum atomic E-state index is -1.24. The number of aliphatic hydroxyl groups is 2. The molecule has 2 amide bonds. The van der Waals surface area contributed by atoms with E-state index < -0.39 is 36.5 Å². The summed E-state index contributed by atoms with van der Waals surface area (Å²) in [6, 6.07) is -0.809. The molecule has 110 valence electrons. The van der Waals surface area contributed by atoms with E-state index in [1.165, 1.54) is 4.90 Å². The number of rotatable bonds is 1. The summed E-state index contributed by atoms with van der Waals surface area (Å²) in [5.41, 5.74) is 0.445. The van der Waals surface area contributed by atoms with Gasteiger partial charge in [-0.05, 0) is 24.8 Å². The predicted octanol–water partition coefficient (Wildman–Crippen LogP) is -0.582. The summed E-state index contributed by atoms with van der Waals surface area (Å²) in [4.78, 5) is 24.2. The van der Waals surface area contributed by atoms with Gasteiger partial charge >= 0.3 is 0 Å². The quantitative estimate of drug-likeness (QED) is 0.443. The molecule has 2 saturated heterocycles. The van der Waals surface area contributed by atoms with Gasteiger partial charge in [-0.15, -0.1) is 0 Å². The first-order valence-corrected chi connectivity index (χ1v) is 6.82. The lowest BCUT2D eigenvalue weighted by atomic mass is 9.87. The van der Waals surface area contributed by atoms with Crippen LogP contribution in [0.25, 0.3) is 0 Å². The van der Waals surface area contributed by atoms with Gasteiger partial charge in [-0.3, -0.25) is 14.9 Å². The maximum absolute atomic E-state index is 14.0. The number of imide groups is 1. The zero-order chi connectivity index (χ0) is 14.4. The first-order valence-electron chi connectivity index (χ1n) is 6.82. The number of alkyl halides is 1. The van der Waals surface area contributed by atoms with Crippen LogP contribution in [0.3, 0.4) is 0 Å². The van der Waals surface area contributed by atoms with E-state index >= 15 is 0 Å². The summed E-state index contributed by atoms with van der Waals surface area (Å²) < 4.78 is 14.0. The molecule has 3 aliphatic rings. The zero-order valence-corrected chi connectivity index (χ0v) is 10.8. The molecule has 20 heavy (non-hydrogen) atoms. The van der Waals surface area contributed by atoms with Crippen molar-refractivity contribution < 1.29 is 24.2 Å². The molecule has 0 radical (unpaired) electrons. The molecule has 5 unspecified atom stereocenters. The summed E-state index contributed by atoms with van der Waals surface area (Å²) in [5, 5.41) is 22.7. The third-order valence-electron chi connectivity index (χ3n) is 4.37. The van der Waals surface area contributed by atoms with Crippen molar-refractivity contribution in [3.05, 3.63) is 11.6 Å². The van der Waals surface area contributed by atoms with E-state index in [1.807, 2.05) is 0 Å². The molecule has 3 rings (SSSR count). The monoisotopic (exact) mass is 284 g/mol. The predicted molar refractivity (Wildman–Crippen MR) is 65.7 cm³/mol. The van der Waals surface area contributed by atoms with Gasteiger partial charge < -0.3 is 10.2 Å². The second-order valence-corrected chi connectivity index (χ2v) is 5.52. The van der Waals surface area contributed by atoms with Crippen LogP contribution >= 0.6 is 0 Å². The Morgan fingerprint density at radius 1 is 1.30 bits per heavy atom. The summed E-state index contributed by atoms with van der Waals surface area (Å²) >= 11 is 0. The summed E-state index contributed by atoms with van der Waals surface area (Å²) in [6.07, 6.45) is -0.710. The molecule has 0 aromatic rings. The Kier molecular flexibility index (Phi) is 3.35. The lowest BCUT2D eigenvalue weighted by Crippen LogP contribution is -2.56. The van der Waals surface area contributed by atoms with E-state index in [2.05, 4.69) is 5.32 Å². The molecule has 0 bridgehead atoms. The van der Waals surface area contributed by atoms with Gasteiger partial charge in [0.1, 0.15) is 18.6 Å². The van der Waals surface area contributed by atoms with Gasteiger partial charge in [0.2, 0.25) is 11.8 Å². The molecular formula is C13H17FN2O4. The number of halogens is 1. The van der Waals surface area contributed by atoms with Gasteiger partial charge in [-0.2, -0.15) is 0 Å². The second kappa shape index (κ2) is 4.91. The molecule has 0 spiro atoms. The van der Waals surface area contributed by atoms with Crippen LogP contribution in [-0.4, -0.2) is 51.6 Å². The number of amides is 2. The van der Waals surface area contributed by atoms with Crippen molar-refractivity contribution in [2.75, 3.05) is 0 Å². The number of fused-ring (bicyclic) bond motifs is 1. The van der Waals surface area contributed by atoms with E-state index in [0.29, 0.717) is 18.4 Å². The van der Waals surface area contributed by atoms with Crippen LogP contribution in [0.1, 0.15) is 25.7 Å². The van der Waals surface area contributed by atoms with E-state index in [1.54, 1.807) is 6.08 Å². The van der Waals surface area contributed by atoms with Crippen LogP contribution in [-0.2, 0) is 9.59 Å². The van der Waals surface area contributed by atoms with Crippen LogP contribution in [0, 0.1) is 5.92 Å². The minimum absolute atomic E-state index is 0.148. The lowest BCUT2D eigenvalue weighted by Gasteiger charge is -2.34. The molecule has 2 aliphatic heterocycles. The van der Waals surface area contributed by atoms with Crippen LogP contribution < -0.4 is 5.32 Å². The Morgan fingerprint density at radius 3 is 2.70 bits per heavy atom. The number of hydrogen-bond donors (Lipinski definition) is 3. The topological polar surface area (TPSA) is 89.9 Å². The van der Waals surface area contributed by atoms with Crippen molar-refractivity contribution in [1.82, 2.24) is 10.2 Å². The normalized spacial score (nSPS) is 42.1. The Bertz CT molecular complexity index is 481. The number of carbonyl (C=O) groups excluding carboxylic acids is 2. The number of likely N-dealkylation sites (tertiary alicyclic amines) is 1. The van der Waals surface area contributed by atoms with Crippen molar-refractivity contribution in [2.45, 2.75) is 50.4 Å². The van der Waals surface area contributed by atoms with Crippen molar-refractivity contribution in [2.24, 2.45) is 5.92 Å². The Labute approximate surface area is 115 Å². The highest BCUT2D eigenvalue weighted by molar-refractivity contribution is 6.00. The number of nitrogens with zero attached hydrogens (tertiary/aromatic N) is 1. The maximum atomic E-state index is 14.0. The molecule has 0 saturated carbocycles. The Morgan fingerprint density at radius 2 is 2.05 bits per heavy atom. The number of carbonyl (C=O) groups is 2. The first kappa shape index (κ1) is 13.7. The Hall–Kier alpha value is -1.31. The average Bonchev–Trinajstić information content (AvgIpc) is 2.64. The smallest absolute Gasteiger partial charge is 0.244 e. The molecule has 0 aromatic heterocycles. The molecule has 1 aliphatic carbocycles. The van der Waals surface area contributed by atoms with E-state index in [0.717, 1.165) is 0 Å². The van der Waals surface area contributed by atoms with Crippen molar-refractivity contribution >= 4 is 11.8 Å². The van der Waals surface area contributed by atoms with E-state index in [4.69, 9.17) is 0 Å². The fourth-order valence-electron chi connectivity index (χ4n) is 3.39. The molecular weight excluding hydrogens is 267 g/mol. The number of hydrogen-bond acceptors (Lipinski definition) is 5. The minimum Gasteiger partial charge on any atom is -0.378 e. The highest BCUT2D eigenvalue weighted by atomic mass is 19.1. The summed E-state index contributed by atoms with van der Waals surface area (Å²) in [6.45, 7) is 0. The lowest BCUT2D eigenvalue weighted by molar-refractivity contribution is -0.149. The van der Waals surface area contributed by atoms with Gasteiger partial charge in [-0.1, -0.05) is 6.08 Å². The van der Waals surface area contributed by atoms with E-state index in [-0.39, 0.29) is 18.7 Å². The zero-order valence-electron chi connectivity index (χ0n) is 10.8. The van der Waals surface area contributed by atoms with Crippen LogP contribution in [0.15, 0.2) is 11.6 Å². The van der Waals surface area contributed by atoms with Crippen LogP contribution in [0.4, 0.5) is 4.39 Å². The number of aliphatic hydroxyl groups excluding tert-OH is 2. The fraction of sp³-hybridized carbons (Fsp3) is 0.692. The SMILES string of the molecule is O=C1CCC(N2C(O)C3=CCCC(F)C3C2O)C(=O)N1. The van der Waals surface area contributed by atoms with Crippen molar-refractivity contribution in [3.8, 4) is 0 Å². The fourth-order valence-corrected chi connectivity index (χ4v) is 3.39. The van der Waals surface area contributed by atoms with Crippen LogP contribution in [0.2, 0.25) is 0 Å². The third kappa shape index (κ3) is 1.97. The van der Waals surface area contributed by atoms with Gasteiger partial charge in [0.25, 0.3) is 0 Å². The third-order valence-corrected chi connectivity index (χ3v) is 4.37. The largest absolute Gasteiger partial charge is 0.378 e.